The van der Waals surface area contributed by atoms with Crippen molar-refractivity contribution in [3.05, 3.63) is 0 Å². The van der Waals surface area contributed by atoms with Gasteiger partial charge in [0.25, 0.3) is 5.92 Å². The average molecular weight is 164 g/mol. The van der Waals surface area contributed by atoms with Gasteiger partial charge in [-0.2, -0.15) is 0 Å². The lowest BCUT2D eigenvalue weighted by Gasteiger charge is -2.41. The standard InChI is InChI=1S/C6H10F2N2O/c1-4(5(9)11)10-2-6(7,8)3-10/h4H,2-3H2,1H3,(H2,9,11). The van der Waals surface area contributed by atoms with Crippen molar-refractivity contribution in [2.45, 2.75) is 18.9 Å². The maximum atomic E-state index is 12.2. The first-order chi connectivity index (χ1) is 4.92. The normalized spacial score (nSPS) is 25.7. The maximum absolute atomic E-state index is 12.2. The van der Waals surface area contributed by atoms with E-state index in [4.69, 9.17) is 5.73 Å². The number of carbonyl (C=O) groups is 1. The molecule has 64 valence electrons. The number of nitrogens with two attached hydrogens (primary N) is 1. The number of amides is 1. The van der Waals surface area contributed by atoms with Crippen LogP contribution in [-0.2, 0) is 4.79 Å². The lowest BCUT2D eigenvalue weighted by molar-refractivity contribution is -0.154. The molecule has 1 saturated heterocycles. The Morgan fingerprint density at radius 1 is 1.64 bits per heavy atom. The van der Waals surface area contributed by atoms with Gasteiger partial charge in [0.15, 0.2) is 0 Å². The molecular weight excluding hydrogens is 154 g/mol. The third-order valence-electron chi connectivity index (χ3n) is 1.83. The molecule has 1 unspecified atom stereocenters. The second kappa shape index (κ2) is 2.41. The summed E-state index contributed by atoms with van der Waals surface area (Å²) >= 11 is 0. The molecule has 1 aliphatic heterocycles. The molecule has 0 bridgehead atoms. The van der Waals surface area contributed by atoms with Gasteiger partial charge in [0.05, 0.1) is 19.1 Å². The van der Waals surface area contributed by atoms with E-state index in [0.717, 1.165) is 0 Å². The van der Waals surface area contributed by atoms with Crippen molar-refractivity contribution >= 4 is 5.91 Å². The molecule has 0 saturated carbocycles. The lowest BCUT2D eigenvalue weighted by atomic mass is 10.1. The fourth-order valence-corrected chi connectivity index (χ4v) is 1.00. The second-order valence-corrected chi connectivity index (χ2v) is 2.84. The topological polar surface area (TPSA) is 46.3 Å². The Balaban J connectivity index is 2.38. The first kappa shape index (κ1) is 8.39. The molecule has 0 radical (unpaired) electrons. The molecule has 1 fully saturated rings. The zero-order valence-electron chi connectivity index (χ0n) is 6.18. The number of likely N-dealkylation sites (tertiary alicyclic amines) is 1. The van der Waals surface area contributed by atoms with Gasteiger partial charge in [-0.3, -0.25) is 9.69 Å². The van der Waals surface area contributed by atoms with Gasteiger partial charge in [-0.05, 0) is 6.92 Å². The number of halogens is 2. The number of carbonyl (C=O) groups excluding carboxylic acids is 1. The van der Waals surface area contributed by atoms with Crippen LogP contribution in [0.5, 0.6) is 0 Å². The third kappa shape index (κ3) is 1.65. The Labute approximate surface area is 63.2 Å². The van der Waals surface area contributed by atoms with Crippen LogP contribution in [0.2, 0.25) is 0 Å². The third-order valence-corrected chi connectivity index (χ3v) is 1.83. The molecule has 0 spiro atoms. The van der Waals surface area contributed by atoms with Gasteiger partial charge in [0.2, 0.25) is 5.91 Å². The molecule has 0 aromatic carbocycles. The van der Waals surface area contributed by atoms with Crippen molar-refractivity contribution in [1.29, 1.82) is 0 Å². The average Bonchev–Trinajstić information content (AvgIpc) is 1.80. The van der Waals surface area contributed by atoms with E-state index in [9.17, 15) is 13.6 Å². The number of rotatable bonds is 2. The van der Waals surface area contributed by atoms with Crippen LogP contribution in [-0.4, -0.2) is 35.9 Å². The molecule has 0 aromatic rings. The summed E-state index contributed by atoms with van der Waals surface area (Å²) in [4.78, 5) is 11.8. The van der Waals surface area contributed by atoms with E-state index in [1.807, 2.05) is 0 Å². The second-order valence-electron chi connectivity index (χ2n) is 2.84. The van der Waals surface area contributed by atoms with Crippen LogP contribution in [0.15, 0.2) is 0 Å². The van der Waals surface area contributed by atoms with Crippen molar-refractivity contribution in [3.8, 4) is 0 Å². The van der Waals surface area contributed by atoms with E-state index < -0.39 is 17.9 Å². The van der Waals surface area contributed by atoms with Gasteiger partial charge in [-0.15, -0.1) is 0 Å². The SMILES string of the molecule is CC(C(N)=O)N1CC(F)(F)C1. The molecule has 3 nitrogen and oxygen atoms in total. The quantitative estimate of drug-likeness (QED) is 0.615. The van der Waals surface area contributed by atoms with Gasteiger partial charge < -0.3 is 5.73 Å². The lowest BCUT2D eigenvalue weighted by Crippen LogP contribution is -2.61. The Bertz CT molecular complexity index is 175. The van der Waals surface area contributed by atoms with Crippen LogP contribution in [0, 0.1) is 0 Å². The van der Waals surface area contributed by atoms with Crippen molar-refractivity contribution in [2.75, 3.05) is 13.1 Å². The van der Waals surface area contributed by atoms with Gasteiger partial charge in [0, 0.05) is 0 Å². The van der Waals surface area contributed by atoms with Crippen molar-refractivity contribution in [3.63, 3.8) is 0 Å². The summed E-state index contributed by atoms with van der Waals surface area (Å²) < 4.78 is 24.4. The van der Waals surface area contributed by atoms with E-state index in [1.165, 1.54) is 11.8 Å². The minimum Gasteiger partial charge on any atom is -0.368 e. The monoisotopic (exact) mass is 164 g/mol. The summed E-state index contributed by atoms with van der Waals surface area (Å²) in [7, 11) is 0. The van der Waals surface area contributed by atoms with Gasteiger partial charge in [-0.25, -0.2) is 8.78 Å². The number of hydrogen-bond donors (Lipinski definition) is 1. The summed E-state index contributed by atoms with van der Waals surface area (Å²) in [6.45, 7) is 0.825. The fourth-order valence-electron chi connectivity index (χ4n) is 1.00. The highest BCUT2D eigenvalue weighted by atomic mass is 19.3. The fraction of sp³-hybridized carbons (Fsp3) is 0.833. The Kier molecular flexibility index (Phi) is 1.83. The molecule has 2 N–H and O–H groups in total. The minimum atomic E-state index is -2.62. The summed E-state index contributed by atoms with van der Waals surface area (Å²) in [5.41, 5.74) is 4.91. The van der Waals surface area contributed by atoms with Gasteiger partial charge >= 0.3 is 0 Å². The van der Waals surface area contributed by atoms with E-state index in [0.29, 0.717) is 0 Å². The molecule has 1 heterocycles. The molecule has 1 amide bonds. The van der Waals surface area contributed by atoms with Crippen LogP contribution in [0.1, 0.15) is 6.92 Å². The van der Waals surface area contributed by atoms with Gasteiger partial charge in [-0.1, -0.05) is 0 Å². The highest BCUT2D eigenvalue weighted by Crippen LogP contribution is 2.27. The van der Waals surface area contributed by atoms with Crippen LogP contribution in [0.25, 0.3) is 0 Å². The smallest absolute Gasteiger partial charge is 0.272 e. The van der Waals surface area contributed by atoms with E-state index in [-0.39, 0.29) is 13.1 Å². The zero-order chi connectivity index (χ0) is 8.65. The molecule has 1 rings (SSSR count). The maximum Gasteiger partial charge on any atom is 0.272 e. The molecule has 0 aliphatic carbocycles. The molecule has 1 aliphatic rings. The highest BCUT2D eigenvalue weighted by Gasteiger charge is 2.46. The summed E-state index contributed by atoms with van der Waals surface area (Å²) in [6, 6.07) is -0.574. The van der Waals surface area contributed by atoms with E-state index in [2.05, 4.69) is 0 Å². The number of primary amides is 1. The molecule has 5 heteroatoms. The van der Waals surface area contributed by atoms with Crippen LogP contribution in [0.3, 0.4) is 0 Å². The van der Waals surface area contributed by atoms with Crippen molar-refractivity contribution in [1.82, 2.24) is 4.90 Å². The minimum absolute atomic E-state index is 0.350. The largest absolute Gasteiger partial charge is 0.368 e. The van der Waals surface area contributed by atoms with Gasteiger partial charge in [0.1, 0.15) is 0 Å². The zero-order valence-corrected chi connectivity index (χ0v) is 6.18. The van der Waals surface area contributed by atoms with E-state index in [1.54, 1.807) is 0 Å². The molecule has 1 atom stereocenters. The Morgan fingerprint density at radius 3 is 2.36 bits per heavy atom. The first-order valence-electron chi connectivity index (χ1n) is 3.33. The number of alkyl halides is 2. The summed E-state index contributed by atoms with van der Waals surface area (Å²) in [5, 5.41) is 0. The van der Waals surface area contributed by atoms with Crippen LogP contribution in [0.4, 0.5) is 8.78 Å². The number of nitrogens with zero attached hydrogens (tertiary/aromatic N) is 1. The predicted molar refractivity (Wildman–Crippen MR) is 35.2 cm³/mol. The summed E-state index contributed by atoms with van der Waals surface area (Å²) in [6.07, 6.45) is 0. The molecular formula is C6H10F2N2O. The van der Waals surface area contributed by atoms with Crippen molar-refractivity contribution in [2.24, 2.45) is 5.73 Å². The van der Waals surface area contributed by atoms with E-state index >= 15 is 0 Å². The summed E-state index contributed by atoms with van der Waals surface area (Å²) in [5.74, 6) is -3.18. The Hall–Kier alpha value is -0.710. The van der Waals surface area contributed by atoms with Crippen molar-refractivity contribution < 1.29 is 13.6 Å². The predicted octanol–water partition coefficient (Wildman–Crippen LogP) is -0.189. The highest BCUT2D eigenvalue weighted by molar-refractivity contribution is 5.79. The van der Waals surface area contributed by atoms with Crippen LogP contribution < -0.4 is 5.73 Å². The Morgan fingerprint density at radius 2 is 2.09 bits per heavy atom. The number of hydrogen-bond acceptors (Lipinski definition) is 2. The first-order valence-corrected chi connectivity index (χ1v) is 3.33. The molecule has 0 aromatic heterocycles. The van der Waals surface area contributed by atoms with Crippen LogP contribution >= 0.6 is 0 Å². The molecule has 11 heavy (non-hydrogen) atoms.